The van der Waals surface area contributed by atoms with Crippen LogP contribution in [0.15, 0.2) is 25.3 Å². The standard InChI is InChI=1S/C31H50BrN3O5/c1-9-15-33(8)26(37)22-23-27(38)34(17-13-11-12-14-18-36)25(31(23)19-21(32)24(22)40-31)28(39)35(16-10-2)30(6,7)20-29(3,4)5/h9-10,21-25,36H,1-2,11-20H2,3-8H3/t21?,22-,23-,24-,25?,31?/m0/s1. The Morgan fingerprint density at radius 2 is 1.73 bits per heavy atom. The monoisotopic (exact) mass is 623 g/mol. The molecule has 2 bridgehead atoms. The molecule has 3 aliphatic rings. The molecule has 0 aromatic heterocycles. The lowest BCUT2D eigenvalue weighted by Gasteiger charge is -2.45. The van der Waals surface area contributed by atoms with Crippen molar-refractivity contribution in [3.63, 3.8) is 0 Å². The fourth-order valence-electron chi connectivity index (χ4n) is 7.52. The van der Waals surface area contributed by atoms with Gasteiger partial charge in [-0.05, 0) is 44.9 Å². The van der Waals surface area contributed by atoms with Crippen LogP contribution in [0.4, 0.5) is 0 Å². The highest BCUT2D eigenvalue weighted by Gasteiger charge is 2.77. The van der Waals surface area contributed by atoms with Crippen LogP contribution in [0, 0.1) is 17.3 Å². The van der Waals surface area contributed by atoms with Gasteiger partial charge < -0.3 is 24.5 Å². The van der Waals surface area contributed by atoms with Crippen molar-refractivity contribution in [2.45, 2.75) is 101 Å². The molecule has 3 unspecified atom stereocenters. The summed E-state index contributed by atoms with van der Waals surface area (Å²) in [6.45, 7) is 19.6. The number of ether oxygens (including phenoxy) is 1. The number of rotatable bonds is 14. The molecule has 6 atom stereocenters. The van der Waals surface area contributed by atoms with Crippen LogP contribution in [0.25, 0.3) is 0 Å². The Bertz CT molecular complexity index is 979. The van der Waals surface area contributed by atoms with Gasteiger partial charge in [-0.15, -0.1) is 13.2 Å². The highest BCUT2D eigenvalue weighted by Crippen LogP contribution is 2.60. The lowest BCUT2D eigenvalue weighted by molar-refractivity contribution is -0.153. The van der Waals surface area contributed by atoms with Gasteiger partial charge in [0.05, 0.1) is 17.9 Å². The molecule has 0 radical (unpaired) electrons. The van der Waals surface area contributed by atoms with Gasteiger partial charge in [0.1, 0.15) is 11.6 Å². The number of likely N-dealkylation sites (N-methyl/N-ethyl adjacent to an activating group) is 1. The molecule has 0 aliphatic carbocycles. The number of carbonyl (C=O) groups is 3. The number of unbranched alkanes of at least 4 members (excludes halogenated alkanes) is 3. The van der Waals surface area contributed by atoms with E-state index in [1.807, 2.05) is 4.90 Å². The maximum atomic E-state index is 14.8. The third-order valence-corrected chi connectivity index (χ3v) is 9.51. The summed E-state index contributed by atoms with van der Waals surface area (Å²) in [5.41, 5.74) is -1.61. The van der Waals surface area contributed by atoms with E-state index in [9.17, 15) is 19.5 Å². The number of likely N-dealkylation sites (tertiary alicyclic amines) is 1. The van der Waals surface area contributed by atoms with E-state index in [1.54, 1.807) is 29.0 Å². The molecule has 226 valence electrons. The van der Waals surface area contributed by atoms with Gasteiger partial charge >= 0.3 is 0 Å². The van der Waals surface area contributed by atoms with Crippen molar-refractivity contribution in [3.8, 4) is 0 Å². The van der Waals surface area contributed by atoms with Gasteiger partial charge in [0.15, 0.2) is 0 Å². The third-order valence-electron chi connectivity index (χ3n) is 8.67. The summed E-state index contributed by atoms with van der Waals surface area (Å²) in [6.07, 6.45) is 7.28. The number of aliphatic hydroxyl groups is 1. The number of hydrogen-bond donors (Lipinski definition) is 1. The van der Waals surface area contributed by atoms with Crippen LogP contribution in [-0.2, 0) is 19.1 Å². The molecule has 3 saturated heterocycles. The molecule has 3 heterocycles. The predicted octanol–water partition coefficient (Wildman–Crippen LogP) is 4.16. The molecule has 0 aromatic rings. The summed E-state index contributed by atoms with van der Waals surface area (Å²) in [4.78, 5) is 47.7. The highest BCUT2D eigenvalue weighted by atomic mass is 79.9. The van der Waals surface area contributed by atoms with Gasteiger partial charge in [-0.2, -0.15) is 0 Å². The summed E-state index contributed by atoms with van der Waals surface area (Å²) in [5, 5.41) is 9.18. The van der Waals surface area contributed by atoms with Crippen molar-refractivity contribution < 1.29 is 24.2 Å². The molecule has 3 amide bonds. The number of alkyl halides is 1. The van der Waals surface area contributed by atoms with Crippen molar-refractivity contribution in [3.05, 3.63) is 25.3 Å². The van der Waals surface area contributed by atoms with E-state index in [2.05, 4.69) is 63.7 Å². The fourth-order valence-corrected chi connectivity index (χ4v) is 8.47. The summed E-state index contributed by atoms with van der Waals surface area (Å²) in [5.74, 6) is -1.84. The number of nitrogens with zero attached hydrogens (tertiary/aromatic N) is 3. The largest absolute Gasteiger partial charge is 0.396 e. The Kier molecular flexibility index (Phi) is 10.4. The van der Waals surface area contributed by atoms with Crippen LogP contribution in [0.3, 0.4) is 0 Å². The molecular weight excluding hydrogens is 574 g/mol. The average molecular weight is 625 g/mol. The molecule has 0 aromatic carbocycles. The Morgan fingerprint density at radius 1 is 1.10 bits per heavy atom. The molecule has 0 saturated carbocycles. The van der Waals surface area contributed by atoms with Crippen molar-refractivity contribution in [1.82, 2.24) is 14.7 Å². The minimum atomic E-state index is -1.08. The second-order valence-electron chi connectivity index (χ2n) is 13.6. The second kappa shape index (κ2) is 12.7. The molecule has 40 heavy (non-hydrogen) atoms. The van der Waals surface area contributed by atoms with Crippen LogP contribution < -0.4 is 0 Å². The van der Waals surface area contributed by atoms with Crippen LogP contribution in [0.1, 0.15) is 73.1 Å². The minimum Gasteiger partial charge on any atom is -0.396 e. The quantitative estimate of drug-likeness (QED) is 0.178. The molecule has 1 spiro atoms. The maximum absolute atomic E-state index is 14.8. The van der Waals surface area contributed by atoms with Crippen molar-refractivity contribution in [1.29, 1.82) is 0 Å². The van der Waals surface area contributed by atoms with Crippen LogP contribution in [-0.4, -0.2) is 98.9 Å². The molecule has 3 rings (SSSR count). The van der Waals surface area contributed by atoms with Gasteiger partial charge in [0.2, 0.25) is 17.7 Å². The third kappa shape index (κ3) is 6.21. The zero-order valence-corrected chi connectivity index (χ0v) is 26.9. The SMILES string of the molecule is C=CCN(C)C(=O)[C@H]1[C@H]2C(=O)N(CCCCCCO)C(C(=O)N(CC=C)C(C)(C)CC(C)(C)C)C23CC(Br)[C@@H]1O3. The Hall–Kier alpha value is -1.71. The van der Waals surface area contributed by atoms with Gasteiger partial charge in [0.25, 0.3) is 0 Å². The van der Waals surface area contributed by atoms with Gasteiger partial charge in [-0.25, -0.2) is 0 Å². The lowest BCUT2D eigenvalue weighted by Crippen LogP contribution is -2.61. The van der Waals surface area contributed by atoms with Gasteiger partial charge in [-0.3, -0.25) is 14.4 Å². The first kappa shape index (κ1) is 32.8. The molecule has 1 N–H and O–H groups in total. The molecule has 3 aliphatic heterocycles. The molecule has 8 nitrogen and oxygen atoms in total. The van der Waals surface area contributed by atoms with E-state index < -0.39 is 35.1 Å². The summed E-state index contributed by atoms with van der Waals surface area (Å²) in [6, 6.07) is -0.824. The van der Waals surface area contributed by atoms with Gasteiger partial charge in [-0.1, -0.05) is 61.7 Å². The smallest absolute Gasteiger partial charge is 0.249 e. The Morgan fingerprint density at radius 3 is 2.30 bits per heavy atom. The van der Waals surface area contributed by atoms with E-state index in [-0.39, 0.29) is 34.6 Å². The topological polar surface area (TPSA) is 90.4 Å². The first-order chi connectivity index (χ1) is 18.7. The normalized spacial score (nSPS) is 29.4. The predicted molar refractivity (Wildman–Crippen MR) is 161 cm³/mol. The number of fused-ring (bicyclic) bond motifs is 1. The van der Waals surface area contributed by atoms with Crippen LogP contribution >= 0.6 is 15.9 Å². The van der Waals surface area contributed by atoms with Crippen molar-refractivity contribution >= 4 is 33.7 Å². The Balaban J connectivity index is 2.06. The first-order valence-corrected chi connectivity index (χ1v) is 15.6. The molecule has 9 heteroatoms. The maximum Gasteiger partial charge on any atom is 0.249 e. The molecular formula is C31H50BrN3O5. The number of aliphatic hydroxyl groups excluding tert-OH is 1. The zero-order valence-electron chi connectivity index (χ0n) is 25.3. The van der Waals surface area contributed by atoms with E-state index in [1.165, 1.54) is 0 Å². The number of amides is 3. The van der Waals surface area contributed by atoms with E-state index in [4.69, 9.17) is 4.74 Å². The van der Waals surface area contributed by atoms with E-state index in [0.717, 1.165) is 19.3 Å². The summed E-state index contributed by atoms with van der Waals surface area (Å²) < 4.78 is 6.69. The van der Waals surface area contributed by atoms with E-state index >= 15 is 0 Å². The highest BCUT2D eigenvalue weighted by molar-refractivity contribution is 9.09. The average Bonchev–Trinajstić information content (AvgIpc) is 3.43. The van der Waals surface area contributed by atoms with Crippen LogP contribution in [0.5, 0.6) is 0 Å². The number of halogens is 1. The number of hydrogen-bond acceptors (Lipinski definition) is 5. The minimum absolute atomic E-state index is 0.0293. The lowest BCUT2D eigenvalue weighted by atomic mass is 9.70. The molecule has 3 fully saturated rings. The first-order valence-electron chi connectivity index (χ1n) is 14.7. The second-order valence-corrected chi connectivity index (χ2v) is 14.8. The van der Waals surface area contributed by atoms with Crippen molar-refractivity contribution in [2.75, 3.05) is 33.3 Å². The zero-order chi connectivity index (χ0) is 30.0. The fraction of sp³-hybridized carbons (Fsp3) is 0.774. The van der Waals surface area contributed by atoms with Crippen molar-refractivity contribution in [2.24, 2.45) is 17.3 Å². The summed E-state index contributed by atoms with van der Waals surface area (Å²) >= 11 is 3.76. The summed E-state index contributed by atoms with van der Waals surface area (Å²) in [7, 11) is 1.72. The Labute approximate surface area is 249 Å². The van der Waals surface area contributed by atoms with E-state index in [0.29, 0.717) is 38.9 Å². The number of carbonyl (C=O) groups excluding carboxylic acids is 3. The van der Waals surface area contributed by atoms with Crippen LogP contribution in [0.2, 0.25) is 0 Å². The van der Waals surface area contributed by atoms with Gasteiger partial charge in [0, 0.05) is 43.7 Å².